The van der Waals surface area contributed by atoms with Crippen LogP contribution in [0, 0.1) is 0 Å². The number of halogens is 1. The molecule has 1 aliphatic rings. The number of pyridine rings is 1. The number of carbonyl (C=O) groups is 1. The lowest BCUT2D eigenvalue weighted by Gasteiger charge is -2.25. The van der Waals surface area contributed by atoms with Gasteiger partial charge in [-0.15, -0.1) is 0 Å². The summed E-state index contributed by atoms with van der Waals surface area (Å²) in [5, 5.41) is 0.544. The standard InChI is InChI=1S/C12H13ClN2O/c1-9-3-6-15(7-4-9)12(16)11-8-10(13)2-5-14-11/h2-3,5,8H,4,6-7H2,1H3. The number of hydrogen-bond donors (Lipinski definition) is 0. The number of amides is 1. The van der Waals surface area contributed by atoms with Crippen molar-refractivity contribution < 1.29 is 4.79 Å². The molecule has 2 rings (SSSR count). The van der Waals surface area contributed by atoms with Crippen molar-refractivity contribution in [3.8, 4) is 0 Å². The van der Waals surface area contributed by atoms with E-state index in [2.05, 4.69) is 18.0 Å². The normalized spacial score (nSPS) is 15.9. The minimum Gasteiger partial charge on any atom is -0.333 e. The molecule has 0 radical (unpaired) electrons. The highest BCUT2D eigenvalue weighted by atomic mass is 35.5. The predicted octanol–water partition coefficient (Wildman–Crippen LogP) is 2.53. The number of carbonyl (C=O) groups excluding carboxylic acids is 1. The Labute approximate surface area is 99.7 Å². The molecule has 1 aliphatic heterocycles. The molecular formula is C12H13ClN2O. The Balaban J connectivity index is 2.14. The van der Waals surface area contributed by atoms with Crippen molar-refractivity contribution in [2.75, 3.05) is 13.1 Å². The van der Waals surface area contributed by atoms with Crippen molar-refractivity contribution in [3.63, 3.8) is 0 Å². The Kier molecular flexibility index (Phi) is 3.25. The summed E-state index contributed by atoms with van der Waals surface area (Å²) in [6, 6.07) is 3.27. The second-order valence-electron chi connectivity index (χ2n) is 3.91. The summed E-state index contributed by atoms with van der Waals surface area (Å²) in [5.41, 5.74) is 1.75. The fourth-order valence-electron chi connectivity index (χ4n) is 1.64. The van der Waals surface area contributed by atoms with Crippen LogP contribution < -0.4 is 0 Å². The van der Waals surface area contributed by atoms with E-state index in [1.807, 2.05) is 0 Å². The van der Waals surface area contributed by atoms with Crippen LogP contribution in [0.4, 0.5) is 0 Å². The molecular weight excluding hydrogens is 224 g/mol. The van der Waals surface area contributed by atoms with E-state index in [4.69, 9.17) is 11.6 Å². The monoisotopic (exact) mass is 236 g/mol. The quantitative estimate of drug-likeness (QED) is 0.702. The van der Waals surface area contributed by atoms with Crippen molar-refractivity contribution in [2.45, 2.75) is 13.3 Å². The first-order chi connectivity index (χ1) is 7.66. The summed E-state index contributed by atoms with van der Waals surface area (Å²) in [6.07, 6.45) is 4.57. The molecule has 0 saturated heterocycles. The molecule has 0 aromatic carbocycles. The molecule has 1 aromatic heterocycles. The Morgan fingerprint density at radius 2 is 2.38 bits per heavy atom. The van der Waals surface area contributed by atoms with Gasteiger partial charge >= 0.3 is 0 Å². The van der Waals surface area contributed by atoms with Crippen molar-refractivity contribution in [1.82, 2.24) is 9.88 Å². The molecule has 0 saturated carbocycles. The van der Waals surface area contributed by atoms with Crippen LogP contribution in [0.15, 0.2) is 30.0 Å². The molecule has 0 fully saturated rings. The molecule has 4 heteroatoms. The summed E-state index contributed by atoms with van der Waals surface area (Å²) in [4.78, 5) is 17.9. The zero-order valence-electron chi connectivity index (χ0n) is 9.11. The van der Waals surface area contributed by atoms with Gasteiger partial charge in [-0.2, -0.15) is 0 Å². The van der Waals surface area contributed by atoms with Crippen LogP contribution in [-0.4, -0.2) is 28.9 Å². The third-order valence-corrected chi connectivity index (χ3v) is 2.90. The van der Waals surface area contributed by atoms with Gasteiger partial charge in [0, 0.05) is 24.3 Å². The minimum absolute atomic E-state index is 0.0498. The van der Waals surface area contributed by atoms with Crippen molar-refractivity contribution in [3.05, 3.63) is 40.7 Å². The lowest BCUT2D eigenvalue weighted by atomic mass is 10.1. The molecule has 84 valence electrons. The molecule has 1 amide bonds. The second kappa shape index (κ2) is 4.66. The number of nitrogens with zero attached hydrogens (tertiary/aromatic N) is 2. The molecule has 0 atom stereocenters. The van der Waals surface area contributed by atoms with E-state index in [0.29, 0.717) is 17.3 Å². The van der Waals surface area contributed by atoms with Crippen molar-refractivity contribution in [2.24, 2.45) is 0 Å². The van der Waals surface area contributed by atoms with E-state index in [1.54, 1.807) is 23.2 Å². The van der Waals surface area contributed by atoms with E-state index in [9.17, 15) is 4.79 Å². The second-order valence-corrected chi connectivity index (χ2v) is 4.35. The Morgan fingerprint density at radius 3 is 3.00 bits per heavy atom. The van der Waals surface area contributed by atoms with E-state index in [0.717, 1.165) is 13.0 Å². The first-order valence-electron chi connectivity index (χ1n) is 5.23. The summed E-state index contributed by atoms with van der Waals surface area (Å²) in [6.45, 7) is 3.51. The van der Waals surface area contributed by atoms with Gasteiger partial charge in [0.1, 0.15) is 5.69 Å². The maximum absolute atomic E-state index is 12.0. The fraction of sp³-hybridized carbons (Fsp3) is 0.333. The molecule has 3 nitrogen and oxygen atoms in total. The first-order valence-corrected chi connectivity index (χ1v) is 5.61. The Bertz CT molecular complexity index is 442. The van der Waals surface area contributed by atoms with E-state index in [-0.39, 0.29) is 5.91 Å². The molecule has 1 aromatic rings. The number of rotatable bonds is 1. The molecule has 16 heavy (non-hydrogen) atoms. The lowest BCUT2D eigenvalue weighted by molar-refractivity contribution is 0.0763. The smallest absolute Gasteiger partial charge is 0.272 e. The van der Waals surface area contributed by atoms with E-state index in [1.165, 1.54) is 5.57 Å². The molecule has 0 bridgehead atoms. The van der Waals surface area contributed by atoms with Crippen LogP contribution in [0.25, 0.3) is 0 Å². The molecule has 0 aliphatic carbocycles. The zero-order valence-corrected chi connectivity index (χ0v) is 9.87. The first kappa shape index (κ1) is 11.1. The highest BCUT2D eigenvalue weighted by Crippen LogP contribution is 2.14. The third-order valence-electron chi connectivity index (χ3n) is 2.66. The van der Waals surface area contributed by atoms with E-state index < -0.39 is 0 Å². The molecule has 0 spiro atoms. The van der Waals surface area contributed by atoms with Crippen LogP contribution in [0.3, 0.4) is 0 Å². The van der Waals surface area contributed by atoms with Gasteiger partial charge < -0.3 is 4.90 Å². The summed E-state index contributed by atoms with van der Waals surface area (Å²) < 4.78 is 0. The van der Waals surface area contributed by atoms with Gasteiger partial charge in [0.2, 0.25) is 0 Å². The average Bonchev–Trinajstić information content (AvgIpc) is 2.29. The maximum Gasteiger partial charge on any atom is 0.272 e. The number of hydrogen-bond acceptors (Lipinski definition) is 2. The van der Waals surface area contributed by atoms with Crippen LogP contribution in [0.5, 0.6) is 0 Å². The van der Waals surface area contributed by atoms with Gasteiger partial charge in [-0.05, 0) is 25.5 Å². The highest BCUT2D eigenvalue weighted by molar-refractivity contribution is 6.30. The van der Waals surface area contributed by atoms with Crippen LogP contribution >= 0.6 is 11.6 Å². The van der Waals surface area contributed by atoms with Gasteiger partial charge in [-0.1, -0.05) is 23.3 Å². The zero-order chi connectivity index (χ0) is 11.5. The van der Waals surface area contributed by atoms with Gasteiger partial charge in [-0.3, -0.25) is 9.78 Å². The van der Waals surface area contributed by atoms with E-state index >= 15 is 0 Å². The van der Waals surface area contributed by atoms with Crippen molar-refractivity contribution >= 4 is 17.5 Å². The van der Waals surface area contributed by atoms with Crippen molar-refractivity contribution in [1.29, 1.82) is 0 Å². The summed E-state index contributed by atoms with van der Waals surface area (Å²) in [7, 11) is 0. The fourth-order valence-corrected chi connectivity index (χ4v) is 1.80. The highest BCUT2D eigenvalue weighted by Gasteiger charge is 2.18. The molecule has 0 N–H and O–H groups in total. The summed E-state index contributed by atoms with van der Waals surface area (Å²) >= 11 is 5.83. The molecule has 2 heterocycles. The van der Waals surface area contributed by atoms with Gasteiger partial charge in [0.25, 0.3) is 5.91 Å². The van der Waals surface area contributed by atoms with Gasteiger partial charge in [0.15, 0.2) is 0 Å². The maximum atomic E-state index is 12.0. The van der Waals surface area contributed by atoms with Crippen LogP contribution in [0.1, 0.15) is 23.8 Å². The van der Waals surface area contributed by atoms with Gasteiger partial charge in [-0.25, -0.2) is 0 Å². The molecule has 0 unspecified atom stereocenters. The average molecular weight is 237 g/mol. The third kappa shape index (κ3) is 2.42. The lowest BCUT2D eigenvalue weighted by Crippen LogP contribution is -2.35. The Morgan fingerprint density at radius 1 is 1.56 bits per heavy atom. The number of aromatic nitrogens is 1. The van der Waals surface area contributed by atoms with Crippen LogP contribution in [0.2, 0.25) is 5.02 Å². The van der Waals surface area contributed by atoms with Gasteiger partial charge in [0.05, 0.1) is 0 Å². The topological polar surface area (TPSA) is 33.2 Å². The van der Waals surface area contributed by atoms with Crippen LogP contribution in [-0.2, 0) is 0 Å². The predicted molar refractivity (Wildman–Crippen MR) is 63.5 cm³/mol. The largest absolute Gasteiger partial charge is 0.333 e. The summed E-state index contributed by atoms with van der Waals surface area (Å²) in [5.74, 6) is -0.0498. The Hall–Kier alpha value is -1.35. The minimum atomic E-state index is -0.0498. The SMILES string of the molecule is CC1=CCN(C(=O)c2cc(Cl)ccn2)CC1.